The fourth-order valence-corrected chi connectivity index (χ4v) is 3.04. The summed E-state index contributed by atoms with van der Waals surface area (Å²) in [5, 5.41) is 6.85. The molecule has 2 N–H and O–H groups in total. The van der Waals surface area contributed by atoms with Crippen molar-refractivity contribution in [3.05, 3.63) is 95.6 Å². The van der Waals surface area contributed by atoms with Gasteiger partial charge in [0.05, 0.1) is 5.52 Å². The average Bonchev–Trinajstić information content (AvgIpc) is 2.72. The molecule has 1 aromatic heterocycles. The Hall–Kier alpha value is -3.80. The number of nitrogens with one attached hydrogen (secondary N) is 2. The third-order valence-electron chi connectivity index (χ3n) is 4.43. The lowest BCUT2D eigenvalue weighted by Crippen LogP contribution is -2.25. The first-order chi connectivity index (χ1) is 14.1. The van der Waals surface area contributed by atoms with E-state index in [2.05, 4.69) is 20.6 Å². The van der Waals surface area contributed by atoms with Crippen LogP contribution in [0.25, 0.3) is 10.9 Å². The highest BCUT2D eigenvalue weighted by Crippen LogP contribution is 2.24. The van der Waals surface area contributed by atoms with Gasteiger partial charge in [0.25, 0.3) is 5.91 Å². The number of fused-ring (bicyclic) bond motifs is 1. The molecule has 0 unspecified atom stereocenters. The second-order valence-corrected chi connectivity index (χ2v) is 6.72. The Morgan fingerprint density at radius 3 is 2.62 bits per heavy atom. The molecule has 1 amide bonds. The van der Waals surface area contributed by atoms with Crippen LogP contribution in [0, 0.1) is 12.7 Å². The molecular weight excluding hydrogens is 367 g/mol. The van der Waals surface area contributed by atoms with E-state index in [0.717, 1.165) is 16.6 Å². The zero-order chi connectivity index (χ0) is 20.2. The second-order valence-electron chi connectivity index (χ2n) is 6.72. The van der Waals surface area contributed by atoms with Crippen molar-refractivity contribution in [3.8, 4) is 0 Å². The molecule has 0 aliphatic carbocycles. The molecule has 0 aliphatic rings. The minimum atomic E-state index is -0.424. The first-order valence-electron chi connectivity index (χ1n) is 9.21. The minimum absolute atomic E-state index is 0.0512. The van der Waals surface area contributed by atoms with E-state index in [9.17, 15) is 9.18 Å². The topological polar surface area (TPSA) is 66.9 Å². The number of nitrogens with zero attached hydrogens (tertiary/aromatic N) is 2. The highest BCUT2D eigenvalue weighted by Gasteiger charge is 2.14. The predicted octanol–water partition coefficient (Wildman–Crippen LogP) is 4.75. The van der Waals surface area contributed by atoms with Crippen LogP contribution in [0.15, 0.2) is 72.8 Å². The Morgan fingerprint density at radius 2 is 1.79 bits per heavy atom. The van der Waals surface area contributed by atoms with Crippen LogP contribution in [0.4, 0.5) is 15.9 Å². The van der Waals surface area contributed by atoms with E-state index in [1.165, 1.54) is 12.1 Å². The van der Waals surface area contributed by atoms with Gasteiger partial charge in [-0.15, -0.1) is 0 Å². The van der Waals surface area contributed by atoms with Gasteiger partial charge in [0, 0.05) is 17.6 Å². The molecule has 5 nitrogen and oxygen atoms in total. The smallest absolute Gasteiger partial charge is 0.289 e. The Balaban J connectivity index is 1.63. The molecule has 144 valence electrons. The lowest BCUT2D eigenvalue weighted by atomic mass is 10.2. The molecule has 0 saturated carbocycles. The predicted molar refractivity (Wildman–Crippen MR) is 112 cm³/mol. The molecular formula is C23H19FN4O. The number of hydrogen-bond acceptors (Lipinski definition) is 4. The van der Waals surface area contributed by atoms with E-state index in [0.29, 0.717) is 16.9 Å². The van der Waals surface area contributed by atoms with Crippen molar-refractivity contribution < 1.29 is 9.18 Å². The third-order valence-corrected chi connectivity index (χ3v) is 4.43. The molecule has 0 spiro atoms. The zero-order valence-corrected chi connectivity index (χ0v) is 15.8. The lowest BCUT2D eigenvalue weighted by molar-refractivity contribution is 0.0941. The first kappa shape index (κ1) is 18.6. The van der Waals surface area contributed by atoms with Crippen molar-refractivity contribution in [1.29, 1.82) is 0 Å². The second kappa shape index (κ2) is 8.06. The van der Waals surface area contributed by atoms with Gasteiger partial charge in [-0.1, -0.05) is 36.4 Å². The first-order valence-corrected chi connectivity index (χ1v) is 9.21. The van der Waals surface area contributed by atoms with Crippen LogP contribution < -0.4 is 10.6 Å². The van der Waals surface area contributed by atoms with Gasteiger partial charge in [0.1, 0.15) is 11.6 Å². The summed E-state index contributed by atoms with van der Waals surface area (Å²) in [5.41, 5.74) is 3.31. The number of para-hydroxylation sites is 1. The number of aromatic nitrogens is 2. The van der Waals surface area contributed by atoms with Gasteiger partial charge >= 0.3 is 0 Å². The summed E-state index contributed by atoms with van der Waals surface area (Å²) in [7, 11) is 0. The van der Waals surface area contributed by atoms with Gasteiger partial charge in [-0.25, -0.2) is 14.4 Å². The Labute approximate surface area is 167 Å². The Bertz CT molecular complexity index is 1190. The summed E-state index contributed by atoms with van der Waals surface area (Å²) in [6, 6.07) is 21.5. The molecule has 29 heavy (non-hydrogen) atoms. The van der Waals surface area contributed by atoms with E-state index in [1.807, 2.05) is 55.5 Å². The fraction of sp³-hybridized carbons (Fsp3) is 0.0870. The van der Waals surface area contributed by atoms with Crippen molar-refractivity contribution in [2.24, 2.45) is 0 Å². The molecule has 4 rings (SSSR count). The number of anilines is 2. The fourth-order valence-electron chi connectivity index (χ4n) is 3.04. The number of halogens is 1. The van der Waals surface area contributed by atoms with Crippen molar-refractivity contribution in [3.63, 3.8) is 0 Å². The maximum atomic E-state index is 13.3. The monoisotopic (exact) mass is 386 g/mol. The summed E-state index contributed by atoms with van der Waals surface area (Å²) in [4.78, 5) is 21.5. The molecule has 0 bridgehead atoms. The normalized spacial score (nSPS) is 10.7. The standard InChI is InChI=1S/C23H19FN4O/c1-15-6-4-9-18(12-15)26-21-19-10-2-3-11-20(19)27-22(28-21)23(29)25-14-16-7-5-8-17(24)13-16/h2-13H,14H2,1H3,(H,25,29)(H,26,27,28). The van der Waals surface area contributed by atoms with E-state index >= 15 is 0 Å². The number of rotatable bonds is 5. The van der Waals surface area contributed by atoms with Crippen LogP contribution in [-0.2, 0) is 6.54 Å². The number of aryl methyl sites for hydroxylation is 1. The zero-order valence-electron chi connectivity index (χ0n) is 15.8. The van der Waals surface area contributed by atoms with E-state index in [1.54, 1.807) is 12.1 Å². The van der Waals surface area contributed by atoms with Gasteiger partial charge in [0.15, 0.2) is 0 Å². The minimum Gasteiger partial charge on any atom is -0.345 e. The molecule has 4 aromatic rings. The van der Waals surface area contributed by atoms with Crippen molar-refractivity contribution in [2.75, 3.05) is 5.32 Å². The van der Waals surface area contributed by atoms with Crippen molar-refractivity contribution in [1.82, 2.24) is 15.3 Å². The number of benzene rings is 3. The summed E-state index contributed by atoms with van der Waals surface area (Å²) < 4.78 is 13.3. The maximum Gasteiger partial charge on any atom is 0.289 e. The van der Waals surface area contributed by atoms with Crippen LogP contribution in [0.2, 0.25) is 0 Å². The van der Waals surface area contributed by atoms with Gasteiger partial charge in [-0.3, -0.25) is 4.79 Å². The average molecular weight is 386 g/mol. The number of carbonyl (C=O) groups is 1. The molecule has 0 aliphatic heterocycles. The van der Waals surface area contributed by atoms with Crippen LogP contribution in [0.5, 0.6) is 0 Å². The summed E-state index contributed by atoms with van der Waals surface area (Å²) in [5.74, 6) is -0.164. The maximum absolute atomic E-state index is 13.3. The van der Waals surface area contributed by atoms with Gasteiger partial charge < -0.3 is 10.6 Å². The highest BCUT2D eigenvalue weighted by atomic mass is 19.1. The molecule has 0 atom stereocenters. The summed E-state index contributed by atoms with van der Waals surface area (Å²) in [6.07, 6.45) is 0. The highest BCUT2D eigenvalue weighted by molar-refractivity contribution is 5.97. The van der Waals surface area contributed by atoms with E-state index in [-0.39, 0.29) is 18.2 Å². The molecule has 0 radical (unpaired) electrons. The van der Waals surface area contributed by atoms with Gasteiger partial charge in [0.2, 0.25) is 5.82 Å². The third kappa shape index (κ3) is 4.38. The van der Waals surface area contributed by atoms with Crippen molar-refractivity contribution in [2.45, 2.75) is 13.5 Å². The molecule has 0 fully saturated rings. The molecule has 3 aromatic carbocycles. The molecule has 1 heterocycles. The lowest BCUT2D eigenvalue weighted by Gasteiger charge is -2.11. The summed E-state index contributed by atoms with van der Waals surface area (Å²) >= 11 is 0. The van der Waals surface area contributed by atoms with Crippen LogP contribution in [0.3, 0.4) is 0 Å². The number of carbonyl (C=O) groups excluding carboxylic acids is 1. The van der Waals surface area contributed by atoms with Gasteiger partial charge in [-0.05, 0) is 54.4 Å². The van der Waals surface area contributed by atoms with E-state index < -0.39 is 5.91 Å². The SMILES string of the molecule is Cc1cccc(Nc2nc(C(=O)NCc3cccc(F)c3)nc3ccccc23)c1. The molecule has 0 saturated heterocycles. The van der Waals surface area contributed by atoms with Crippen molar-refractivity contribution >= 4 is 28.3 Å². The van der Waals surface area contributed by atoms with Crippen LogP contribution in [0.1, 0.15) is 21.7 Å². The number of hydrogen-bond donors (Lipinski definition) is 2. The largest absolute Gasteiger partial charge is 0.345 e. The quantitative estimate of drug-likeness (QED) is 0.519. The Morgan fingerprint density at radius 1 is 0.966 bits per heavy atom. The number of amides is 1. The van der Waals surface area contributed by atoms with E-state index in [4.69, 9.17) is 0 Å². The molecule has 6 heteroatoms. The Kier molecular flexibility index (Phi) is 5.16. The van der Waals surface area contributed by atoms with Crippen LogP contribution in [-0.4, -0.2) is 15.9 Å². The van der Waals surface area contributed by atoms with Gasteiger partial charge in [-0.2, -0.15) is 0 Å². The summed E-state index contributed by atoms with van der Waals surface area (Å²) in [6.45, 7) is 2.20. The van der Waals surface area contributed by atoms with Crippen LogP contribution >= 0.6 is 0 Å².